The number of amides is 6. The smallest absolute Gasteiger partial charge is 0.262 e. The van der Waals surface area contributed by atoms with Crippen molar-refractivity contribution in [3.05, 3.63) is 93.9 Å². The highest BCUT2D eigenvalue weighted by atomic mass is 35.5. The number of pyridine rings is 2. The van der Waals surface area contributed by atoms with Crippen LogP contribution in [0, 0.1) is 17.3 Å². The molecule has 5 aromatic rings. The Labute approximate surface area is 413 Å². The number of aromatic nitrogens is 4. The summed E-state index contributed by atoms with van der Waals surface area (Å²) in [6.07, 6.45) is 9.10. The van der Waals surface area contributed by atoms with Gasteiger partial charge in [0.2, 0.25) is 23.6 Å². The fourth-order valence-electron chi connectivity index (χ4n) is 11.4. The zero-order chi connectivity index (χ0) is 48.4. The van der Waals surface area contributed by atoms with Crippen LogP contribution >= 0.6 is 23.2 Å². The highest BCUT2D eigenvalue weighted by Gasteiger charge is 2.50. The average molecular weight is 988 g/mol. The largest absolute Gasteiger partial charge is 0.486 e. The molecule has 19 heteroatoms. The molecule has 1 spiro atoms. The Morgan fingerprint density at radius 1 is 0.814 bits per heavy atom. The summed E-state index contributed by atoms with van der Waals surface area (Å²) < 4.78 is 6.26. The third-order valence-corrected chi connectivity index (χ3v) is 16.0. The lowest BCUT2D eigenvalue weighted by molar-refractivity contribution is -0.140. The third kappa shape index (κ3) is 8.50. The summed E-state index contributed by atoms with van der Waals surface area (Å²) in [5, 5.41) is 11.7. The lowest BCUT2D eigenvalue weighted by Gasteiger charge is -2.48. The summed E-state index contributed by atoms with van der Waals surface area (Å²) in [5.41, 5.74) is 4.57. The first-order valence-electron chi connectivity index (χ1n) is 24.1. The van der Waals surface area contributed by atoms with E-state index in [2.05, 4.69) is 35.2 Å². The number of rotatable bonds is 10. The lowest BCUT2D eigenvalue weighted by Crippen LogP contribution is -2.58. The maximum atomic E-state index is 13.8. The van der Waals surface area contributed by atoms with Crippen LogP contribution in [0.15, 0.2) is 67.1 Å². The molecule has 5 saturated heterocycles. The van der Waals surface area contributed by atoms with Crippen LogP contribution in [0.1, 0.15) is 90.7 Å². The van der Waals surface area contributed by atoms with Crippen molar-refractivity contribution in [1.82, 2.24) is 40.2 Å². The van der Waals surface area contributed by atoms with E-state index in [1.165, 1.54) is 0 Å². The molecule has 6 amide bonds. The minimum absolute atomic E-state index is 0.0504. The molecule has 0 bridgehead atoms. The molecule has 0 radical (unpaired) electrons. The Morgan fingerprint density at radius 3 is 2.30 bits per heavy atom. The summed E-state index contributed by atoms with van der Waals surface area (Å²) in [4.78, 5) is 96.3. The lowest BCUT2D eigenvalue weighted by atomic mass is 9.79. The van der Waals surface area contributed by atoms with Gasteiger partial charge in [0.1, 0.15) is 29.4 Å². The van der Waals surface area contributed by atoms with E-state index >= 15 is 0 Å². The van der Waals surface area contributed by atoms with Crippen LogP contribution in [0.25, 0.3) is 22.2 Å². The number of hydrogen-bond donors (Lipinski definition) is 2. The van der Waals surface area contributed by atoms with Crippen molar-refractivity contribution in [2.45, 2.75) is 70.4 Å². The Bertz CT molecular complexity index is 2920. The fraction of sp³-hybridized carbons (Fsp3) is 0.431. The molecular formula is C51H52Cl2N10O7. The number of carbonyl (C=O) groups excluding carboxylic acids is 6. The number of piperidine rings is 3. The molecule has 3 aromatic heterocycles. The van der Waals surface area contributed by atoms with Gasteiger partial charge in [0.25, 0.3) is 11.8 Å². The number of nitrogens with zero attached hydrogens (tertiary/aromatic N) is 8. The highest BCUT2D eigenvalue weighted by molar-refractivity contribution is 6.35. The van der Waals surface area contributed by atoms with Crippen molar-refractivity contribution in [2.75, 3.05) is 62.2 Å². The van der Waals surface area contributed by atoms with E-state index in [0.717, 1.165) is 84.0 Å². The molecule has 0 aliphatic carbocycles. The van der Waals surface area contributed by atoms with Crippen LogP contribution < -0.4 is 19.9 Å². The van der Waals surface area contributed by atoms with Crippen LogP contribution in [0.3, 0.4) is 0 Å². The van der Waals surface area contributed by atoms with Crippen LogP contribution in [0.4, 0.5) is 11.5 Å². The van der Waals surface area contributed by atoms with Crippen molar-refractivity contribution < 1.29 is 33.5 Å². The van der Waals surface area contributed by atoms with Crippen molar-refractivity contribution in [3.8, 4) is 17.0 Å². The van der Waals surface area contributed by atoms with Crippen LogP contribution in [0.2, 0.25) is 10.0 Å². The predicted molar refractivity (Wildman–Crippen MR) is 260 cm³/mol. The van der Waals surface area contributed by atoms with E-state index in [1.807, 2.05) is 54.4 Å². The van der Waals surface area contributed by atoms with E-state index in [-0.39, 0.29) is 53.0 Å². The number of hydrogen-bond acceptors (Lipinski definition) is 12. The number of carbonyl (C=O) groups is 6. The van der Waals surface area contributed by atoms with Gasteiger partial charge >= 0.3 is 0 Å². The van der Waals surface area contributed by atoms with Gasteiger partial charge in [-0.2, -0.15) is 5.10 Å². The van der Waals surface area contributed by atoms with E-state index in [4.69, 9.17) is 32.9 Å². The predicted octanol–water partition coefficient (Wildman–Crippen LogP) is 6.45. The van der Waals surface area contributed by atoms with Crippen LogP contribution in [0.5, 0.6) is 5.75 Å². The van der Waals surface area contributed by atoms with Gasteiger partial charge in [-0.3, -0.25) is 49.1 Å². The summed E-state index contributed by atoms with van der Waals surface area (Å²) >= 11 is 12.8. The number of anilines is 2. The first kappa shape index (κ1) is 45.8. The quantitative estimate of drug-likeness (QED) is 0.146. The highest BCUT2D eigenvalue weighted by Crippen LogP contribution is 2.43. The zero-order valence-corrected chi connectivity index (χ0v) is 40.2. The van der Waals surface area contributed by atoms with E-state index < -0.39 is 35.8 Å². The molecule has 70 heavy (non-hydrogen) atoms. The Kier molecular flexibility index (Phi) is 12.0. The molecule has 2 N–H and O–H groups in total. The molecule has 0 saturated carbocycles. The topological polar surface area (TPSA) is 194 Å². The second-order valence-corrected chi connectivity index (χ2v) is 20.6. The van der Waals surface area contributed by atoms with E-state index in [1.54, 1.807) is 24.5 Å². The number of ether oxygens (including phenoxy) is 1. The summed E-state index contributed by atoms with van der Waals surface area (Å²) in [6.45, 7) is 7.62. The zero-order valence-electron chi connectivity index (χ0n) is 38.7. The van der Waals surface area contributed by atoms with Crippen LogP contribution in [-0.4, -0.2) is 129 Å². The minimum Gasteiger partial charge on any atom is -0.486 e. The second-order valence-electron chi connectivity index (χ2n) is 19.8. The average Bonchev–Trinajstić information content (AvgIpc) is 4.06. The number of aromatic amines is 1. The van der Waals surface area contributed by atoms with Gasteiger partial charge in [0.05, 0.1) is 26.7 Å². The number of likely N-dealkylation sites (tertiary alicyclic amines) is 2. The van der Waals surface area contributed by atoms with E-state index in [9.17, 15) is 28.8 Å². The van der Waals surface area contributed by atoms with Crippen molar-refractivity contribution in [3.63, 3.8) is 0 Å². The molecule has 5 fully saturated rings. The van der Waals surface area contributed by atoms with Gasteiger partial charge in [-0.25, -0.2) is 4.98 Å². The van der Waals surface area contributed by atoms with Gasteiger partial charge in [-0.15, -0.1) is 0 Å². The number of benzene rings is 2. The molecule has 17 nitrogen and oxygen atoms in total. The van der Waals surface area contributed by atoms with Crippen molar-refractivity contribution in [1.29, 1.82) is 0 Å². The Morgan fingerprint density at radius 2 is 1.57 bits per heavy atom. The Balaban J connectivity index is 0.623. The third-order valence-electron chi connectivity index (χ3n) is 15.4. The molecule has 11 rings (SSSR count). The number of fused-ring (bicyclic) bond motifs is 2. The molecule has 1 unspecified atom stereocenters. The number of H-pyrrole nitrogens is 1. The Hall–Kier alpha value is -6.59. The maximum Gasteiger partial charge on any atom is 0.262 e. The normalized spacial score (nSPS) is 21.1. The second kappa shape index (κ2) is 18.3. The monoisotopic (exact) mass is 986 g/mol. The number of halogens is 2. The minimum atomic E-state index is -1.01. The first-order valence-corrected chi connectivity index (χ1v) is 24.9. The summed E-state index contributed by atoms with van der Waals surface area (Å²) in [6, 6.07) is 14.0. The van der Waals surface area contributed by atoms with Crippen LogP contribution in [-0.2, 0) is 19.2 Å². The van der Waals surface area contributed by atoms with E-state index in [0.29, 0.717) is 66.8 Å². The number of imide groups is 2. The summed E-state index contributed by atoms with van der Waals surface area (Å²) in [7, 11) is 0. The van der Waals surface area contributed by atoms with Gasteiger partial charge in [-0.1, -0.05) is 23.2 Å². The molecule has 6 aliphatic rings. The molecular weight excluding hydrogens is 936 g/mol. The van der Waals surface area contributed by atoms with Gasteiger partial charge in [0.15, 0.2) is 0 Å². The fourth-order valence-corrected chi connectivity index (χ4v) is 12.1. The van der Waals surface area contributed by atoms with Gasteiger partial charge in [0, 0.05) is 117 Å². The standard InChI is InChI=1S/C51H52Cl2N10O7/c1-29(45-38(52)24-54-25-39(45)53)70-34-4-6-40-37(22-34)46(58-57-40)32-2-8-42(55-23-32)62-27-51(28-62)14-19-61(26-51)48(67)31-12-17-60(18-13-31)44(65)20-30-10-15-59(16-11-30)33-3-5-35-36(21-33)50(69)63(49(35)68)41-7-9-43(64)56-47(41)66/h2-6,8,21-25,29-31,41H,7,9-20,26-28H2,1H3,(H,57,58)(H,56,64,66)/t29-,41?/m1/s1. The molecule has 2 atom stereocenters. The van der Waals surface area contributed by atoms with Crippen molar-refractivity contribution in [2.24, 2.45) is 17.3 Å². The summed E-state index contributed by atoms with van der Waals surface area (Å²) in [5.74, 6) is -0.0662. The van der Waals surface area contributed by atoms with Gasteiger partial charge < -0.3 is 24.3 Å². The number of nitrogens with one attached hydrogen (secondary N) is 2. The molecule has 6 aliphatic heterocycles. The van der Waals surface area contributed by atoms with Crippen molar-refractivity contribution >= 4 is 81.1 Å². The molecule has 362 valence electrons. The maximum absolute atomic E-state index is 13.8. The van der Waals surface area contributed by atoms with Gasteiger partial charge in [-0.05, 0) is 99.9 Å². The SMILES string of the molecule is C[C@@H](Oc1ccc2[nH]nc(-c3ccc(N4CC5(CCN(C(=O)C6CCN(C(=O)CC7CCN(c8ccc9c(c8)C(=O)N(C8CCC(=O)NC8=O)C9=O)CC7)CC6)C5)C4)nc3)c2c1)c1c(Cl)cncc1Cl. The molecule has 2 aromatic carbocycles. The molecule has 9 heterocycles. The first-order chi connectivity index (χ1) is 33.8.